The van der Waals surface area contributed by atoms with Crippen LogP contribution in [0.5, 0.6) is 0 Å². The van der Waals surface area contributed by atoms with Gasteiger partial charge in [-0.3, -0.25) is 4.90 Å². The summed E-state index contributed by atoms with van der Waals surface area (Å²) in [5.41, 5.74) is 8.00. The Kier molecular flexibility index (Phi) is 3.53. The van der Waals surface area contributed by atoms with Crippen LogP contribution < -0.4 is 10.6 Å². The first-order valence-corrected chi connectivity index (χ1v) is 7.24. The second-order valence-electron chi connectivity index (χ2n) is 5.68. The van der Waals surface area contributed by atoms with Gasteiger partial charge in [-0.15, -0.1) is 0 Å². The SMILES string of the molecule is NCCc1ccc(N2CC3CCC(C2)N3C(=O)O)cc1. The third-order valence-electron chi connectivity index (χ3n) is 4.44. The van der Waals surface area contributed by atoms with Crippen molar-refractivity contribution in [2.75, 3.05) is 24.5 Å². The molecule has 2 unspecified atom stereocenters. The van der Waals surface area contributed by atoms with Gasteiger partial charge in [-0.2, -0.15) is 0 Å². The fraction of sp³-hybridized carbons (Fsp3) is 0.533. The summed E-state index contributed by atoms with van der Waals surface area (Å²) in [6.07, 6.45) is 2.10. The number of rotatable bonds is 3. The number of nitrogens with zero attached hydrogens (tertiary/aromatic N) is 2. The molecule has 1 aromatic rings. The zero-order chi connectivity index (χ0) is 14.1. The van der Waals surface area contributed by atoms with Crippen molar-refractivity contribution >= 4 is 11.8 Å². The summed E-state index contributed by atoms with van der Waals surface area (Å²) < 4.78 is 0. The van der Waals surface area contributed by atoms with Crippen molar-refractivity contribution in [2.24, 2.45) is 5.73 Å². The summed E-state index contributed by atoms with van der Waals surface area (Å²) in [6.45, 7) is 2.28. The maximum atomic E-state index is 11.3. The second kappa shape index (κ2) is 5.32. The van der Waals surface area contributed by atoms with Crippen molar-refractivity contribution < 1.29 is 9.90 Å². The molecule has 3 N–H and O–H groups in total. The van der Waals surface area contributed by atoms with Gasteiger partial charge in [-0.1, -0.05) is 12.1 Å². The minimum atomic E-state index is -0.768. The lowest BCUT2D eigenvalue weighted by molar-refractivity contribution is 0.115. The van der Waals surface area contributed by atoms with E-state index < -0.39 is 6.09 Å². The average Bonchev–Trinajstić information content (AvgIpc) is 2.71. The number of nitrogens with two attached hydrogens (primary N) is 1. The molecule has 0 aliphatic carbocycles. The van der Waals surface area contributed by atoms with Gasteiger partial charge < -0.3 is 15.7 Å². The highest BCUT2D eigenvalue weighted by molar-refractivity contribution is 5.67. The van der Waals surface area contributed by atoms with Crippen molar-refractivity contribution in [1.82, 2.24) is 4.90 Å². The molecule has 2 aliphatic heterocycles. The predicted octanol–water partition coefficient (Wildman–Crippen LogP) is 1.52. The Morgan fingerprint density at radius 2 is 1.80 bits per heavy atom. The maximum Gasteiger partial charge on any atom is 0.407 e. The molecule has 5 heteroatoms. The van der Waals surface area contributed by atoms with E-state index in [-0.39, 0.29) is 12.1 Å². The van der Waals surface area contributed by atoms with E-state index in [0.717, 1.165) is 32.4 Å². The van der Waals surface area contributed by atoms with Crippen LogP contribution in [-0.4, -0.2) is 47.8 Å². The van der Waals surface area contributed by atoms with Crippen molar-refractivity contribution in [3.05, 3.63) is 29.8 Å². The third-order valence-corrected chi connectivity index (χ3v) is 4.44. The molecule has 5 nitrogen and oxygen atoms in total. The zero-order valence-electron chi connectivity index (χ0n) is 11.5. The van der Waals surface area contributed by atoms with Crippen LogP contribution in [0.3, 0.4) is 0 Å². The summed E-state index contributed by atoms with van der Waals surface area (Å²) in [7, 11) is 0. The Hall–Kier alpha value is -1.75. The lowest BCUT2D eigenvalue weighted by Crippen LogP contribution is -2.55. The van der Waals surface area contributed by atoms with Crippen molar-refractivity contribution in [3.63, 3.8) is 0 Å². The molecule has 3 rings (SSSR count). The molecule has 0 spiro atoms. The topological polar surface area (TPSA) is 69.8 Å². The minimum Gasteiger partial charge on any atom is -0.465 e. The quantitative estimate of drug-likeness (QED) is 0.877. The molecule has 2 aliphatic rings. The Labute approximate surface area is 119 Å². The van der Waals surface area contributed by atoms with E-state index in [2.05, 4.69) is 29.2 Å². The highest BCUT2D eigenvalue weighted by Gasteiger charge is 2.42. The van der Waals surface area contributed by atoms with E-state index in [1.807, 2.05) is 0 Å². The van der Waals surface area contributed by atoms with Gasteiger partial charge >= 0.3 is 6.09 Å². The molecule has 2 bridgehead atoms. The molecular weight excluding hydrogens is 254 g/mol. The van der Waals surface area contributed by atoms with Crippen molar-refractivity contribution in [2.45, 2.75) is 31.3 Å². The molecule has 2 fully saturated rings. The zero-order valence-corrected chi connectivity index (χ0v) is 11.5. The number of hydrogen-bond donors (Lipinski definition) is 2. The summed E-state index contributed by atoms with van der Waals surface area (Å²) in [4.78, 5) is 15.2. The van der Waals surface area contributed by atoms with Gasteiger partial charge in [-0.05, 0) is 43.5 Å². The van der Waals surface area contributed by atoms with Crippen LogP contribution >= 0.6 is 0 Å². The summed E-state index contributed by atoms with van der Waals surface area (Å²) in [5.74, 6) is 0. The highest BCUT2D eigenvalue weighted by Crippen LogP contribution is 2.32. The predicted molar refractivity (Wildman–Crippen MR) is 78.1 cm³/mol. The van der Waals surface area contributed by atoms with Crippen LogP contribution in [0.4, 0.5) is 10.5 Å². The van der Waals surface area contributed by atoms with Gasteiger partial charge in [0.2, 0.25) is 0 Å². The van der Waals surface area contributed by atoms with Gasteiger partial charge in [0.15, 0.2) is 0 Å². The number of amides is 1. The van der Waals surface area contributed by atoms with Gasteiger partial charge in [0.05, 0.1) is 12.1 Å². The second-order valence-corrected chi connectivity index (χ2v) is 5.68. The monoisotopic (exact) mass is 275 g/mol. The van der Waals surface area contributed by atoms with Crippen LogP contribution in [0.2, 0.25) is 0 Å². The molecule has 2 saturated heterocycles. The van der Waals surface area contributed by atoms with Crippen LogP contribution in [-0.2, 0) is 6.42 Å². The molecular formula is C15H21N3O2. The number of anilines is 1. The minimum absolute atomic E-state index is 0.148. The van der Waals surface area contributed by atoms with E-state index in [1.54, 1.807) is 4.90 Å². The first kappa shape index (κ1) is 13.2. The fourth-order valence-corrected chi connectivity index (χ4v) is 3.47. The molecule has 1 amide bonds. The van der Waals surface area contributed by atoms with Gasteiger partial charge in [0.25, 0.3) is 0 Å². The number of carbonyl (C=O) groups is 1. The Morgan fingerprint density at radius 1 is 1.20 bits per heavy atom. The van der Waals surface area contributed by atoms with E-state index in [4.69, 9.17) is 5.73 Å². The Bertz CT molecular complexity index is 474. The lowest BCUT2D eigenvalue weighted by atomic mass is 10.1. The van der Waals surface area contributed by atoms with Gasteiger partial charge in [-0.25, -0.2) is 4.79 Å². The number of carboxylic acid groups (broad SMARTS) is 1. The highest BCUT2D eigenvalue weighted by atomic mass is 16.4. The largest absolute Gasteiger partial charge is 0.465 e. The molecule has 108 valence electrons. The van der Waals surface area contributed by atoms with E-state index in [0.29, 0.717) is 6.54 Å². The van der Waals surface area contributed by atoms with Gasteiger partial charge in [0, 0.05) is 18.8 Å². The van der Waals surface area contributed by atoms with Crippen molar-refractivity contribution in [1.29, 1.82) is 0 Å². The first-order chi connectivity index (χ1) is 9.69. The number of benzene rings is 1. The van der Waals surface area contributed by atoms with Crippen LogP contribution in [0.25, 0.3) is 0 Å². The smallest absolute Gasteiger partial charge is 0.407 e. The number of hydrogen-bond acceptors (Lipinski definition) is 3. The van der Waals surface area contributed by atoms with Crippen LogP contribution in [0, 0.1) is 0 Å². The number of piperazine rings is 1. The fourth-order valence-electron chi connectivity index (χ4n) is 3.47. The lowest BCUT2D eigenvalue weighted by Gasteiger charge is -2.40. The molecule has 20 heavy (non-hydrogen) atoms. The molecule has 2 atom stereocenters. The molecule has 0 aromatic heterocycles. The summed E-state index contributed by atoms with van der Waals surface area (Å²) >= 11 is 0. The van der Waals surface area contributed by atoms with E-state index >= 15 is 0 Å². The van der Waals surface area contributed by atoms with Crippen LogP contribution in [0.1, 0.15) is 18.4 Å². The summed E-state index contributed by atoms with van der Waals surface area (Å²) in [5, 5.41) is 9.27. The molecule has 2 heterocycles. The Morgan fingerprint density at radius 3 is 2.30 bits per heavy atom. The molecule has 0 radical (unpaired) electrons. The Balaban J connectivity index is 1.72. The molecule has 0 saturated carbocycles. The van der Waals surface area contributed by atoms with E-state index in [9.17, 15) is 9.90 Å². The standard InChI is InChI=1S/C15H21N3O2/c16-8-7-11-1-3-12(4-2-11)17-9-13-5-6-14(10-17)18(13)15(19)20/h1-4,13-14H,5-10,16H2,(H,19,20). The third kappa shape index (κ3) is 2.33. The maximum absolute atomic E-state index is 11.3. The van der Waals surface area contributed by atoms with Crippen molar-refractivity contribution in [3.8, 4) is 0 Å². The van der Waals surface area contributed by atoms with Gasteiger partial charge in [0.1, 0.15) is 0 Å². The molecule has 1 aromatic carbocycles. The number of fused-ring (bicyclic) bond motifs is 2. The van der Waals surface area contributed by atoms with Crippen LogP contribution in [0.15, 0.2) is 24.3 Å². The normalized spacial score (nSPS) is 25.1. The van der Waals surface area contributed by atoms with E-state index in [1.165, 1.54) is 11.3 Å². The first-order valence-electron chi connectivity index (χ1n) is 7.24. The average molecular weight is 275 g/mol. The summed E-state index contributed by atoms with van der Waals surface area (Å²) in [6, 6.07) is 8.79.